The van der Waals surface area contributed by atoms with Crippen LogP contribution in [0.2, 0.25) is 0 Å². The number of ether oxygens (including phenoxy) is 2. The molecular weight excluding hydrogens is 252 g/mol. The molecular formula is C16H26N2O2. The maximum absolute atomic E-state index is 6.00. The van der Waals surface area contributed by atoms with Crippen LogP contribution < -0.4 is 10.1 Å². The number of pyridine rings is 1. The third-order valence-electron chi connectivity index (χ3n) is 3.50. The van der Waals surface area contributed by atoms with E-state index in [1.54, 1.807) is 6.20 Å². The number of aryl methyl sites for hydroxylation is 1. The van der Waals surface area contributed by atoms with E-state index < -0.39 is 0 Å². The van der Waals surface area contributed by atoms with Gasteiger partial charge in [0.25, 0.3) is 0 Å². The van der Waals surface area contributed by atoms with Crippen LogP contribution in [-0.4, -0.2) is 36.9 Å². The molecule has 2 unspecified atom stereocenters. The van der Waals surface area contributed by atoms with E-state index in [0.29, 0.717) is 18.6 Å². The van der Waals surface area contributed by atoms with Gasteiger partial charge in [0.15, 0.2) is 0 Å². The first-order valence-corrected chi connectivity index (χ1v) is 7.55. The van der Waals surface area contributed by atoms with Crippen molar-refractivity contribution in [2.45, 2.75) is 45.8 Å². The van der Waals surface area contributed by atoms with Gasteiger partial charge < -0.3 is 14.8 Å². The van der Waals surface area contributed by atoms with Gasteiger partial charge in [-0.2, -0.15) is 0 Å². The summed E-state index contributed by atoms with van der Waals surface area (Å²) in [7, 11) is 0. The van der Waals surface area contributed by atoms with E-state index in [1.165, 1.54) is 0 Å². The Bertz CT molecular complexity index is 409. The lowest BCUT2D eigenvalue weighted by Gasteiger charge is -2.16. The summed E-state index contributed by atoms with van der Waals surface area (Å²) < 4.78 is 11.8. The molecule has 0 amide bonds. The molecule has 1 aromatic rings. The average molecular weight is 278 g/mol. The maximum Gasteiger partial charge on any atom is 0.140 e. The Morgan fingerprint density at radius 3 is 2.95 bits per heavy atom. The van der Waals surface area contributed by atoms with Crippen molar-refractivity contribution in [2.75, 3.05) is 19.7 Å². The summed E-state index contributed by atoms with van der Waals surface area (Å²) in [4.78, 5) is 4.22. The Labute approximate surface area is 121 Å². The van der Waals surface area contributed by atoms with E-state index >= 15 is 0 Å². The Hall–Kier alpha value is -1.13. The molecule has 0 aliphatic carbocycles. The van der Waals surface area contributed by atoms with Gasteiger partial charge in [-0.05, 0) is 44.4 Å². The van der Waals surface area contributed by atoms with Gasteiger partial charge in [-0.15, -0.1) is 0 Å². The molecule has 1 fully saturated rings. The zero-order chi connectivity index (χ0) is 14.4. The molecule has 1 saturated heterocycles. The fourth-order valence-electron chi connectivity index (χ4n) is 2.39. The highest BCUT2D eigenvalue weighted by molar-refractivity contribution is 5.25. The van der Waals surface area contributed by atoms with Crippen LogP contribution in [0.5, 0.6) is 5.75 Å². The van der Waals surface area contributed by atoms with Crippen LogP contribution >= 0.6 is 0 Å². The number of hydrogen-bond acceptors (Lipinski definition) is 4. The SMILES string of the molecule is Cc1ncccc1OCC1CCC(CNCC(C)C)O1. The van der Waals surface area contributed by atoms with Crippen LogP contribution in [0, 0.1) is 12.8 Å². The van der Waals surface area contributed by atoms with Crippen LogP contribution in [-0.2, 0) is 4.74 Å². The normalized spacial score (nSPS) is 22.4. The Morgan fingerprint density at radius 1 is 1.40 bits per heavy atom. The number of nitrogens with one attached hydrogen (secondary N) is 1. The van der Waals surface area contributed by atoms with Crippen molar-refractivity contribution < 1.29 is 9.47 Å². The molecule has 112 valence electrons. The first kappa shape index (κ1) is 15.3. The molecule has 20 heavy (non-hydrogen) atoms. The zero-order valence-corrected chi connectivity index (χ0v) is 12.8. The van der Waals surface area contributed by atoms with Crippen LogP contribution in [0.4, 0.5) is 0 Å². The quantitative estimate of drug-likeness (QED) is 0.832. The van der Waals surface area contributed by atoms with E-state index in [2.05, 4.69) is 24.1 Å². The lowest BCUT2D eigenvalue weighted by atomic mass is 10.2. The molecule has 1 aliphatic heterocycles. The second-order valence-corrected chi connectivity index (χ2v) is 5.91. The van der Waals surface area contributed by atoms with Gasteiger partial charge in [-0.1, -0.05) is 13.8 Å². The summed E-state index contributed by atoms with van der Waals surface area (Å²) in [6.07, 6.45) is 4.51. The lowest BCUT2D eigenvalue weighted by molar-refractivity contribution is 0.0182. The van der Waals surface area contributed by atoms with Gasteiger partial charge in [0.05, 0.1) is 17.9 Å². The van der Waals surface area contributed by atoms with Gasteiger partial charge in [0.2, 0.25) is 0 Å². The predicted octanol–water partition coefficient (Wildman–Crippen LogP) is 2.56. The summed E-state index contributed by atoms with van der Waals surface area (Å²) in [5.41, 5.74) is 0.931. The number of aromatic nitrogens is 1. The second kappa shape index (κ2) is 7.60. The fourth-order valence-corrected chi connectivity index (χ4v) is 2.39. The van der Waals surface area contributed by atoms with Crippen LogP contribution in [0.15, 0.2) is 18.3 Å². The molecule has 0 aromatic carbocycles. The topological polar surface area (TPSA) is 43.4 Å². The third-order valence-corrected chi connectivity index (χ3v) is 3.50. The minimum atomic E-state index is 0.209. The molecule has 0 bridgehead atoms. The minimum Gasteiger partial charge on any atom is -0.489 e. The summed E-state index contributed by atoms with van der Waals surface area (Å²) in [6.45, 7) is 9.01. The summed E-state index contributed by atoms with van der Waals surface area (Å²) >= 11 is 0. The van der Waals surface area contributed by atoms with Gasteiger partial charge in [-0.25, -0.2) is 0 Å². The molecule has 2 heterocycles. The van der Waals surface area contributed by atoms with E-state index in [0.717, 1.165) is 37.4 Å². The van der Waals surface area contributed by atoms with E-state index in [-0.39, 0.29) is 6.10 Å². The van der Waals surface area contributed by atoms with Gasteiger partial charge in [0, 0.05) is 12.7 Å². The highest BCUT2D eigenvalue weighted by Crippen LogP contribution is 2.21. The van der Waals surface area contributed by atoms with E-state index in [9.17, 15) is 0 Å². The molecule has 2 rings (SSSR count). The number of hydrogen-bond donors (Lipinski definition) is 1. The Kier molecular flexibility index (Phi) is 5.80. The number of nitrogens with zero attached hydrogens (tertiary/aromatic N) is 1. The van der Waals surface area contributed by atoms with Crippen molar-refractivity contribution in [2.24, 2.45) is 5.92 Å². The standard InChI is InChI=1S/C16H26N2O2/c1-12(2)9-17-10-14-6-7-15(20-14)11-19-16-5-4-8-18-13(16)3/h4-5,8,12,14-15,17H,6-7,9-11H2,1-3H3. The maximum atomic E-state index is 6.00. The van der Waals surface area contributed by atoms with Crippen molar-refractivity contribution >= 4 is 0 Å². The molecule has 0 saturated carbocycles. The van der Waals surface area contributed by atoms with Gasteiger partial charge in [-0.3, -0.25) is 4.98 Å². The van der Waals surface area contributed by atoms with Gasteiger partial charge >= 0.3 is 0 Å². The summed E-state index contributed by atoms with van der Waals surface area (Å²) in [6, 6.07) is 3.86. The van der Waals surface area contributed by atoms with Crippen molar-refractivity contribution in [3.05, 3.63) is 24.0 Å². The van der Waals surface area contributed by atoms with Crippen molar-refractivity contribution in [1.82, 2.24) is 10.3 Å². The Balaban J connectivity index is 1.67. The van der Waals surface area contributed by atoms with E-state index in [4.69, 9.17) is 9.47 Å². The largest absolute Gasteiger partial charge is 0.489 e. The summed E-state index contributed by atoms with van der Waals surface area (Å²) in [5, 5.41) is 3.45. The fraction of sp³-hybridized carbons (Fsp3) is 0.688. The monoisotopic (exact) mass is 278 g/mol. The molecule has 1 aromatic heterocycles. The third kappa shape index (κ3) is 4.76. The zero-order valence-electron chi connectivity index (χ0n) is 12.8. The molecule has 0 radical (unpaired) electrons. The average Bonchev–Trinajstić information content (AvgIpc) is 2.85. The van der Waals surface area contributed by atoms with Crippen LogP contribution in [0.1, 0.15) is 32.4 Å². The molecule has 1 N–H and O–H groups in total. The highest BCUT2D eigenvalue weighted by atomic mass is 16.5. The van der Waals surface area contributed by atoms with Crippen LogP contribution in [0.25, 0.3) is 0 Å². The molecule has 0 spiro atoms. The van der Waals surface area contributed by atoms with Crippen molar-refractivity contribution in [3.8, 4) is 5.75 Å². The molecule has 4 heteroatoms. The number of rotatable bonds is 7. The van der Waals surface area contributed by atoms with E-state index in [1.807, 2.05) is 19.1 Å². The summed E-state index contributed by atoms with van der Waals surface area (Å²) in [5.74, 6) is 1.54. The molecule has 4 nitrogen and oxygen atoms in total. The lowest BCUT2D eigenvalue weighted by Crippen LogP contribution is -2.30. The minimum absolute atomic E-state index is 0.209. The Morgan fingerprint density at radius 2 is 2.20 bits per heavy atom. The van der Waals surface area contributed by atoms with Crippen molar-refractivity contribution in [3.63, 3.8) is 0 Å². The predicted molar refractivity (Wildman–Crippen MR) is 80.1 cm³/mol. The molecule has 1 aliphatic rings. The van der Waals surface area contributed by atoms with Gasteiger partial charge in [0.1, 0.15) is 12.4 Å². The van der Waals surface area contributed by atoms with Crippen LogP contribution in [0.3, 0.4) is 0 Å². The first-order chi connectivity index (χ1) is 9.65. The second-order valence-electron chi connectivity index (χ2n) is 5.91. The smallest absolute Gasteiger partial charge is 0.140 e. The first-order valence-electron chi connectivity index (χ1n) is 7.55. The molecule has 2 atom stereocenters. The van der Waals surface area contributed by atoms with Crippen molar-refractivity contribution in [1.29, 1.82) is 0 Å². The highest BCUT2D eigenvalue weighted by Gasteiger charge is 2.25.